The van der Waals surface area contributed by atoms with Gasteiger partial charge in [0.15, 0.2) is 10.8 Å². The topological polar surface area (TPSA) is 133 Å². The normalized spacial score (nSPS) is 13.4. The highest BCUT2D eigenvalue weighted by Gasteiger charge is 2.30. The number of allylic oxidation sites excluding steroid dienone is 1. The number of para-hydroxylation sites is 1. The number of nitrogens with zero attached hydrogens (tertiary/aromatic N) is 6. The van der Waals surface area contributed by atoms with Crippen LogP contribution in [0.2, 0.25) is 0 Å². The summed E-state index contributed by atoms with van der Waals surface area (Å²) in [6.45, 7) is 8.18. The van der Waals surface area contributed by atoms with E-state index in [9.17, 15) is 12.8 Å². The van der Waals surface area contributed by atoms with Crippen LogP contribution in [0.15, 0.2) is 45.6 Å². The molecule has 198 valence electrons. The fraction of sp³-hybridized carbons (Fsp3) is 0.348. The second kappa shape index (κ2) is 12.1. The molecule has 2 heterocycles. The number of hydrogen-bond acceptors (Lipinski definition) is 9. The van der Waals surface area contributed by atoms with E-state index in [4.69, 9.17) is 9.47 Å². The number of nitrogens with one attached hydrogen (secondary N) is 1. The van der Waals surface area contributed by atoms with Crippen molar-refractivity contribution in [3.05, 3.63) is 41.3 Å². The molecule has 1 N–H and O–H groups in total. The molecule has 1 atom stereocenters. The summed E-state index contributed by atoms with van der Waals surface area (Å²) < 4.78 is 55.3. The molecule has 1 aromatic carbocycles. The first kappa shape index (κ1) is 27.9. The summed E-state index contributed by atoms with van der Waals surface area (Å²) in [5.41, 5.74) is 1.17. The molecule has 2 aromatic heterocycles. The van der Waals surface area contributed by atoms with Gasteiger partial charge in [-0.3, -0.25) is 9.29 Å². The average Bonchev–Trinajstić information content (AvgIpc) is 3.48. The Kier molecular flexibility index (Phi) is 9.10. The van der Waals surface area contributed by atoms with Crippen molar-refractivity contribution in [1.82, 2.24) is 19.7 Å². The number of methoxy groups -OCH3 is 2. The predicted octanol–water partition coefficient (Wildman–Crippen LogP) is 4.56. The molecule has 3 aromatic rings. The molecule has 0 saturated carbocycles. The molecule has 3 rings (SSSR count). The molecule has 0 radical (unpaired) electrons. The molecule has 0 aliphatic carbocycles. The third-order valence-corrected chi connectivity index (χ3v) is 8.01. The number of hydrogen-bond donors (Lipinski definition) is 1. The summed E-state index contributed by atoms with van der Waals surface area (Å²) in [6.07, 6.45) is 1.08. The highest BCUT2D eigenvalue weighted by atomic mass is 32.2. The molecular formula is C23H28FN7O4S2. The molecule has 0 aliphatic rings. The van der Waals surface area contributed by atoms with Crippen LogP contribution >= 0.6 is 11.3 Å². The lowest BCUT2D eigenvalue weighted by Gasteiger charge is -2.19. The van der Waals surface area contributed by atoms with E-state index in [-0.39, 0.29) is 24.6 Å². The standard InChI is InChI=1S/C23H28FN7O4S2/c1-7-16(11-19(25-4)26-12-14(2)24)37(32,33)30-23-29-28-21(22-27-15(3)13-36-22)31(23)20-17(34-5)9-8-10-18(20)35-6/h8-10,12-13,16H,4,7,11H2,1-3,5-6H3,(H,29,30)/b14-12+,26-19?/t16-/m0/s1. The first-order valence-corrected chi connectivity index (χ1v) is 13.5. The summed E-state index contributed by atoms with van der Waals surface area (Å²) in [5, 5.41) is 9.79. The lowest BCUT2D eigenvalue weighted by molar-refractivity contribution is 0.391. The summed E-state index contributed by atoms with van der Waals surface area (Å²) in [5.74, 6) is 0.554. The van der Waals surface area contributed by atoms with Crippen molar-refractivity contribution in [3.63, 3.8) is 0 Å². The molecular weight excluding hydrogens is 521 g/mol. The van der Waals surface area contributed by atoms with Gasteiger partial charge in [-0.2, -0.15) is 0 Å². The minimum Gasteiger partial charge on any atom is -0.494 e. The minimum atomic E-state index is -4.06. The quantitative estimate of drug-likeness (QED) is 0.274. The van der Waals surface area contributed by atoms with Crippen molar-refractivity contribution in [2.75, 3.05) is 18.9 Å². The van der Waals surface area contributed by atoms with Gasteiger partial charge in [0, 0.05) is 17.5 Å². The van der Waals surface area contributed by atoms with Gasteiger partial charge in [-0.05, 0) is 39.1 Å². The van der Waals surface area contributed by atoms with Gasteiger partial charge in [-0.15, -0.1) is 21.5 Å². The molecule has 14 heteroatoms. The van der Waals surface area contributed by atoms with Crippen LogP contribution in [0.5, 0.6) is 11.5 Å². The lowest BCUT2D eigenvalue weighted by Crippen LogP contribution is -2.30. The minimum absolute atomic E-state index is 0.0843. The van der Waals surface area contributed by atoms with Crippen molar-refractivity contribution < 1.29 is 22.3 Å². The van der Waals surface area contributed by atoms with Crippen molar-refractivity contribution in [3.8, 4) is 28.0 Å². The first-order chi connectivity index (χ1) is 17.6. The van der Waals surface area contributed by atoms with E-state index in [1.807, 2.05) is 12.3 Å². The molecule has 0 saturated heterocycles. The third-order valence-electron chi connectivity index (χ3n) is 5.21. The number of anilines is 1. The molecule has 0 fully saturated rings. The van der Waals surface area contributed by atoms with Gasteiger partial charge in [0.05, 0.1) is 25.7 Å². The van der Waals surface area contributed by atoms with Gasteiger partial charge in [0.1, 0.15) is 28.8 Å². The largest absolute Gasteiger partial charge is 0.494 e. The van der Waals surface area contributed by atoms with E-state index < -0.39 is 21.1 Å². The maximum Gasteiger partial charge on any atom is 0.243 e. The van der Waals surface area contributed by atoms with Crippen LogP contribution < -0.4 is 14.2 Å². The highest BCUT2D eigenvalue weighted by molar-refractivity contribution is 7.93. The van der Waals surface area contributed by atoms with Crippen LogP contribution in [-0.2, 0) is 10.0 Å². The Morgan fingerprint density at radius 2 is 1.97 bits per heavy atom. The van der Waals surface area contributed by atoms with Crippen molar-refractivity contribution in [2.24, 2.45) is 9.98 Å². The second-order valence-electron chi connectivity index (χ2n) is 7.79. The lowest BCUT2D eigenvalue weighted by atomic mass is 10.2. The van der Waals surface area contributed by atoms with E-state index in [1.54, 1.807) is 25.1 Å². The predicted molar refractivity (Wildman–Crippen MR) is 143 cm³/mol. The highest BCUT2D eigenvalue weighted by Crippen LogP contribution is 2.38. The number of thiazole rings is 1. The van der Waals surface area contributed by atoms with Gasteiger partial charge in [0.25, 0.3) is 0 Å². The Morgan fingerprint density at radius 3 is 2.49 bits per heavy atom. The number of ether oxygens (including phenoxy) is 2. The maximum absolute atomic E-state index is 13.5. The number of aromatic nitrogens is 4. The Bertz CT molecular complexity index is 1400. The first-order valence-electron chi connectivity index (χ1n) is 11.1. The molecule has 0 amide bonds. The van der Waals surface area contributed by atoms with E-state index in [0.717, 1.165) is 11.9 Å². The number of halogens is 1. The third kappa shape index (κ3) is 6.38. The zero-order valence-corrected chi connectivity index (χ0v) is 22.7. The van der Waals surface area contributed by atoms with Crippen LogP contribution in [-0.4, -0.2) is 60.2 Å². The second-order valence-corrected chi connectivity index (χ2v) is 10.6. The van der Waals surface area contributed by atoms with Crippen LogP contribution in [0.25, 0.3) is 16.5 Å². The Hall–Kier alpha value is -3.65. The monoisotopic (exact) mass is 549 g/mol. The molecule has 0 bridgehead atoms. The van der Waals surface area contributed by atoms with E-state index >= 15 is 0 Å². The molecule has 0 unspecified atom stereocenters. The molecule has 11 nitrogen and oxygen atoms in total. The van der Waals surface area contributed by atoms with Crippen molar-refractivity contribution >= 4 is 39.9 Å². The number of benzene rings is 1. The van der Waals surface area contributed by atoms with Crippen LogP contribution in [0, 0.1) is 6.92 Å². The average molecular weight is 550 g/mol. The van der Waals surface area contributed by atoms with Crippen LogP contribution in [0.3, 0.4) is 0 Å². The van der Waals surface area contributed by atoms with Gasteiger partial charge in [0.2, 0.25) is 16.0 Å². The Balaban J connectivity index is 2.13. The summed E-state index contributed by atoms with van der Waals surface area (Å²) >= 11 is 1.34. The molecule has 37 heavy (non-hydrogen) atoms. The number of sulfonamides is 1. The van der Waals surface area contributed by atoms with E-state index in [2.05, 4.69) is 36.6 Å². The summed E-state index contributed by atoms with van der Waals surface area (Å²) in [4.78, 5) is 12.1. The van der Waals surface area contributed by atoms with E-state index in [1.165, 1.54) is 37.0 Å². The van der Waals surface area contributed by atoms with Gasteiger partial charge in [-0.25, -0.2) is 27.8 Å². The zero-order valence-electron chi connectivity index (χ0n) is 21.1. The summed E-state index contributed by atoms with van der Waals surface area (Å²) in [6, 6.07) is 5.16. The smallest absolute Gasteiger partial charge is 0.243 e. The van der Waals surface area contributed by atoms with Crippen molar-refractivity contribution in [1.29, 1.82) is 0 Å². The van der Waals surface area contributed by atoms with Gasteiger partial charge in [-0.1, -0.05) is 13.0 Å². The van der Waals surface area contributed by atoms with Crippen LogP contribution in [0.4, 0.5) is 10.3 Å². The number of rotatable bonds is 11. The van der Waals surface area contributed by atoms with Crippen molar-refractivity contribution in [2.45, 2.75) is 38.9 Å². The van der Waals surface area contributed by atoms with Gasteiger partial charge < -0.3 is 9.47 Å². The molecule has 0 spiro atoms. The Morgan fingerprint density at radius 1 is 1.30 bits per heavy atom. The van der Waals surface area contributed by atoms with Gasteiger partial charge >= 0.3 is 0 Å². The number of aryl methyl sites for hydroxylation is 1. The maximum atomic E-state index is 13.5. The molecule has 0 aliphatic heterocycles. The fourth-order valence-electron chi connectivity index (χ4n) is 3.42. The zero-order chi connectivity index (χ0) is 27.2. The van der Waals surface area contributed by atoms with E-state index in [0.29, 0.717) is 28.0 Å². The Labute approximate surface area is 218 Å². The fourth-order valence-corrected chi connectivity index (χ4v) is 5.55. The number of aliphatic imine (C=N–C) groups is 2. The number of amidine groups is 1. The SMILES string of the molecule is C=NC(C[C@H](CC)S(=O)(=O)Nc1nnc(-c2nc(C)cs2)n1-c1c(OC)cccc1OC)=N/C=C(\C)F. The van der Waals surface area contributed by atoms with Crippen LogP contribution in [0.1, 0.15) is 32.4 Å². The summed E-state index contributed by atoms with van der Waals surface area (Å²) in [7, 11) is -1.08.